The second-order valence-electron chi connectivity index (χ2n) is 7.21. The third kappa shape index (κ3) is 4.00. The number of hydrogen-bond donors (Lipinski definition) is 2. The van der Waals surface area contributed by atoms with Gasteiger partial charge in [-0.05, 0) is 5.92 Å². The highest BCUT2D eigenvalue weighted by atomic mass is 32.2. The molecule has 4 heterocycles. The Morgan fingerprint density at radius 3 is 2.63 bits per heavy atom. The van der Waals surface area contributed by atoms with Crippen molar-refractivity contribution in [1.82, 2.24) is 15.0 Å². The van der Waals surface area contributed by atoms with Crippen LogP contribution >= 0.6 is 23.1 Å². The van der Waals surface area contributed by atoms with Crippen LogP contribution in [0.15, 0.2) is 16.5 Å². The van der Waals surface area contributed by atoms with Crippen LogP contribution in [0.25, 0.3) is 0 Å². The van der Waals surface area contributed by atoms with E-state index in [0.29, 0.717) is 5.92 Å². The van der Waals surface area contributed by atoms with Gasteiger partial charge in [0.2, 0.25) is 5.95 Å². The first kappa shape index (κ1) is 18.8. The number of hydrogen-bond acceptors (Lipinski definition) is 9. The van der Waals surface area contributed by atoms with E-state index in [1.54, 1.807) is 11.3 Å². The smallest absolute Gasteiger partial charge is 0.227 e. The topological polar surface area (TPSA) is 77.4 Å². The van der Waals surface area contributed by atoms with Crippen LogP contribution in [0.2, 0.25) is 0 Å². The predicted octanol–water partition coefficient (Wildman–Crippen LogP) is 2.34. The normalized spacial score (nSPS) is 18.1. The van der Waals surface area contributed by atoms with Crippen LogP contribution in [0.4, 0.5) is 16.9 Å². The first-order valence-corrected chi connectivity index (χ1v) is 11.3. The molecule has 1 saturated heterocycles. The molecule has 0 bridgehead atoms. The molecule has 9 heteroatoms. The lowest BCUT2D eigenvalue weighted by Gasteiger charge is -2.35. The van der Waals surface area contributed by atoms with Crippen molar-refractivity contribution < 1.29 is 5.11 Å². The van der Waals surface area contributed by atoms with E-state index in [1.165, 1.54) is 0 Å². The van der Waals surface area contributed by atoms with Gasteiger partial charge in [-0.15, -0.1) is 23.1 Å². The number of nitrogens with one attached hydrogen (secondary N) is 1. The van der Waals surface area contributed by atoms with Gasteiger partial charge in [0.15, 0.2) is 5.13 Å². The molecule has 2 aromatic heterocycles. The summed E-state index contributed by atoms with van der Waals surface area (Å²) < 4.78 is 0. The van der Waals surface area contributed by atoms with E-state index in [4.69, 9.17) is 9.97 Å². The highest BCUT2D eigenvalue weighted by molar-refractivity contribution is 7.99. The summed E-state index contributed by atoms with van der Waals surface area (Å²) >= 11 is 3.50. The maximum atomic E-state index is 9.71. The summed E-state index contributed by atoms with van der Waals surface area (Å²) in [5, 5.41) is 16.3. The molecule has 0 radical (unpaired) electrons. The quantitative estimate of drug-likeness (QED) is 0.757. The Hall–Kier alpha value is -1.58. The monoisotopic (exact) mass is 406 g/mol. The maximum Gasteiger partial charge on any atom is 0.227 e. The molecule has 1 atom stereocenters. The van der Waals surface area contributed by atoms with Crippen LogP contribution in [-0.4, -0.2) is 64.6 Å². The average molecular weight is 407 g/mol. The summed E-state index contributed by atoms with van der Waals surface area (Å²) in [5.41, 5.74) is 1.13. The lowest BCUT2D eigenvalue weighted by Crippen LogP contribution is -2.47. The molecule has 4 rings (SSSR count). The van der Waals surface area contributed by atoms with E-state index in [0.717, 1.165) is 65.8 Å². The molecular weight excluding hydrogens is 380 g/mol. The molecule has 146 valence electrons. The zero-order chi connectivity index (χ0) is 18.8. The molecule has 0 aliphatic carbocycles. The van der Waals surface area contributed by atoms with Crippen molar-refractivity contribution in [1.29, 1.82) is 0 Å². The van der Waals surface area contributed by atoms with Crippen LogP contribution in [0.1, 0.15) is 19.5 Å². The van der Waals surface area contributed by atoms with E-state index in [1.807, 2.05) is 23.3 Å². The minimum atomic E-state index is -0.000185. The van der Waals surface area contributed by atoms with E-state index in [9.17, 15) is 5.11 Å². The fourth-order valence-electron chi connectivity index (χ4n) is 3.36. The maximum absolute atomic E-state index is 9.71. The number of aliphatic hydroxyl groups is 1. The standard InChI is InChI=1S/C18H26N6OS2/c1-12(2)14(11-25)20-16-15-13(3-9-26-15)21-17(22-16)23-5-7-24(8-6-23)18-19-4-10-27-18/h4,10,12,14,25H,3,5-9,11H2,1-2H3,(H,20,21,22). The zero-order valence-electron chi connectivity index (χ0n) is 15.8. The second-order valence-corrected chi connectivity index (χ2v) is 9.19. The first-order chi connectivity index (χ1) is 13.2. The van der Waals surface area contributed by atoms with Crippen molar-refractivity contribution in [2.24, 2.45) is 5.92 Å². The zero-order valence-corrected chi connectivity index (χ0v) is 17.4. The largest absolute Gasteiger partial charge is 0.394 e. The third-order valence-corrected chi connectivity index (χ3v) is 7.04. The summed E-state index contributed by atoms with van der Waals surface area (Å²) in [5.74, 6) is 3.06. The molecule has 1 fully saturated rings. The number of anilines is 3. The van der Waals surface area contributed by atoms with Gasteiger partial charge >= 0.3 is 0 Å². The Morgan fingerprint density at radius 1 is 1.19 bits per heavy atom. The van der Waals surface area contributed by atoms with E-state index < -0.39 is 0 Å². The summed E-state index contributed by atoms with van der Waals surface area (Å²) in [6, 6.07) is -0.000185. The molecule has 0 saturated carbocycles. The summed E-state index contributed by atoms with van der Waals surface area (Å²) in [7, 11) is 0. The van der Waals surface area contributed by atoms with Crippen molar-refractivity contribution in [3.63, 3.8) is 0 Å². The Bertz CT molecular complexity index is 761. The van der Waals surface area contributed by atoms with Crippen molar-refractivity contribution in [2.45, 2.75) is 31.2 Å². The number of nitrogens with zero attached hydrogens (tertiary/aromatic N) is 5. The molecule has 27 heavy (non-hydrogen) atoms. The summed E-state index contributed by atoms with van der Waals surface area (Å²) in [6.45, 7) is 7.95. The van der Waals surface area contributed by atoms with Crippen LogP contribution < -0.4 is 15.1 Å². The molecular formula is C18H26N6OS2. The molecule has 7 nitrogen and oxygen atoms in total. The fourth-order valence-corrected chi connectivity index (χ4v) is 5.11. The lowest BCUT2D eigenvalue weighted by molar-refractivity contribution is 0.249. The van der Waals surface area contributed by atoms with Gasteiger partial charge in [-0.3, -0.25) is 0 Å². The minimum Gasteiger partial charge on any atom is -0.394 e. The van der Waals surface area contributed by atoms with Crippen LogP contribution in [0.5, 0.6) is 0 Å². The number of aromatic nitrogens is 3. The number of fused-ring (bicyclic) bond motifs is 1. The van der Waals surface area contributed by atoms with E-state index >= 15 is 0 Å². The van der Waals surface area contributed by atoms with Crippen LogP contribution in [0.3, 0.4) is 0 Å². The van der Waals surface area contributed by atoms with E-state index in [2.05, 4.69) is 33.9 Å². The average Bonchev–Trinajstić information content (AvgIpc) is 3.37. The number of rotatable bonds is 6. The van der Waals surface area contributed by atoms with Gasteiger partial charge in [0.05, 0.1) is 23.2 Å². The SMILES string of the molecule is CC(C)C(CO)Nc1nc(N2CCN(c3nccs3)CC2)nc2c1SCC2. The third-order valence-electron chi connectivity index (χ3n) is 5.09. The Labute approximate surface area is 168 Å². The van der Waals surface area contributed by atoms with Crippen molar-refractivity contribution in [3.05, 3.63) is 17.3 Å². The number of piperazine rings is 1. The highest BCUT2D eigenvalue weighted by Crippen LogP contribution is 2.37. The molecule has 2 aliphatic heterocycles. The second kappa shape index (κ2) is 8.20. The molecule has 2 aliphatic rings. The van der Waals surface area contributed by atoms with Gasteiger partial charge in [0.25, 0.3) is 0 Å². The van der Waals surface area contributed by atoms with Gasteiger partial charge in [-0.1, -0.05) is 13.8 Å². The summed E-state index contributed by atoms with van der Waals surface area (Å²) in [6.07, 6.45) is 2.84. The Balaban J connectivity index is 1.52. The lowest BCUT2D eigenvalue weighted by atomic mass is 10.1. The van der Waals surface area contributed by atoms with Gasteiger partial charge in [0, 0.05) is 49.9 Å². The molecule has 0 amide bonds. The predicted molar refractivity (Wildman–Crippen MR) is 112 cm³/mol. The van der Waals surface area contributed by atoms with Gasteiger partial charge in [-0.25, -0.2) is 9.97 Å². The van der Waals surface area contributed by atoms with Crippen molar-refractivity contribution in [3.8, 4) is 0 Å². The van der Waals surface area contributed by atoms with Crippen LogP contribution in [0, 0.1) is 5.92 Å². The number of aliphatic hydroxyl groups excluding tert-OH is 1. The summed E-state index contributed by atoms with van der Waals surface area (Å²) in [4.78, 5) is 19.9. The number of aryl methyl sites for hydroxylation is 1. The molecule has 1 unspecified atom stereocenters. The Kier molecular flexibility index (Phi) is 5.70. The molecule has 0 spiro atoms. The highest BCUT2D eigenvalue weighted by Gasteiger charge is 2.26. The molecule has 0 aromatic carbocycles. The van der Waals surface area contributed by atoms with Gasteiger partial charge < -0.3 is 20.2 Å². The molecule has 2 N–H and O–H groups in total. The molecule has 2 aromatic rings. The van der Waals surface area contributed by atoms with E-state index in [-0.39, 0.29) is 12.6 Å². The minimum absolute atomic E-state index is 0.000185. The van der Waals surface area contributed by atoms with Crippen LogP contribution in [-0.2, 0) is 6.42 Å². The fraction of sp³-hybridized carbons (Fsp3) is 0.611. The van der Waals surface area contributed by atoms with Crippen molar-refractivity contribution >= 4 is 40.0 Å². The number of thioether (sulfide) groups is 1. The van der Waals surface area contributed by atoms with Gasteiger partial charge in [0.1, 0.15) is 5.82 Å². The first-order valence-electron chi connectivity index (χ1n) is 9.46. The van der Waals surface area contributed by atoms with Gasteiger partial charge in [-0.2, -0.15) is 4.98 Å². The Morgan fingerprint density at radius 2 is 1.96 bits per heavy atom. The number of thiazole rings is 1. The van der Waals surface area contributed by atoms with Crippen molar-refractivity contribution in [2.75, 3.05) is 53.7 Å².